The maximum Gasteiger partial charge on any atom is 0.222 e. The van der Waals surface area contributed by atoms with Crippen LogP contribution in [-0.2, 0) is 0 Å². The van der Waals surface area contributed by atoms with Crippen LogP contribution >= 0.6 is 0 Å². The fourth-order valence-corrected chi connectivity index (χ4v) is 1.63. The van der Waals surface area contributed by atoms with Gasteiger partial charge in [0, 0.05) is 6.54 Å². The van der Waals surface area contributed by atoms with Crippen LogP contribution in [0.2, 0.25) is 0 Å². The molecule has 1 aromatic rings. The number of rotatable bonds is 8. The normalized spacial score (nSPS) is 10.8. The van der Waals surface area contributed by atoms with Crippen LogP contribution in [0.4, 0.5) is 10.3 Å². The standard InChI is InChI=1S/C13H22FN3/c1-11(2)7-5-3-4-6-8-15-13-16-9-12(14)10-17-13/h9-11H,3-8H2,1-2H3,(H,15,16,17). The van der Waals surface area contributed by atoms with Crippen LogP contribution in [0.1, 0.15) is 46.0 Å². The summed E-state index contributed by atoms with van der Waals surface area (Å²) >= 11 is 0. The van der Waals surface area contributed by atoms with Crippen LogP contribution < -0.4 is 5.32 Å². The van der Waals surface area contributed by atoms with E-state index in [0.717, 1.165) is 18.9 Å². The molecule has 1 aromatic heterocycles. The molecule has 17 heavy (non-hydrogen) atoms. The fourth-order valence-electron chi connectivity index (χ4n) is 1.63. The summed E-state index contributed by atoms with van der Waals surface area (Å²) in [6.45, 7) is 5.37. The highest BCUT2D eigenvalue weighted by Crippen LogP contribution is 2.09. The maximum absolute atomic E-state index is 12.5. The molecule has 0 atom stereocenters. The van der Waals surface area contributed by atoms with Crippen molar-refractivity contribution < 1.29 is 4.39 Å². The van der Waals surface area contributed by atoms with Gasteiger partial charge in [-0.15, -0.1) is 0 Å². The predicted octanol–water partition coefficient (Wildman–Crippen LogP) is 3.63. The molecule has 0 radical (unpaired) electrons. The van der Waals surface area contributed by atoms with E-state index in [9.17, 15) is 4.39 Å². The first-order chi connectivity index (χ1) is 8.18. The van der Waals surface area contributed by atoms with Crippen LogP contribution in [0.3, 0.4) is 0 Å². The van der Waals surface area contributed by atoms with E-state index in [2.05, 4.69) is 29.1 Å². The van der Waals surface area contributed by atoms with E-state index < -0.39 is 5.82 Å². The molecule has 0 amide bonds. The zero-order valence-corrected chi connectivity index (χ0v) is 10.7. The molecule has 0 aliphatic rings. The molecule has 0 saturated heterocycles. The number of unbranched alkanes of at least 4 members (excludes halogenated alkanes) is 3. The van der Waals surface area contributed by atoms with E-state index in [-0.39, 0.29) is 0 Å². The molecular formula is C13H22FN3. The molecule has 4 heteroatoms. The average molecular weight is 239 g/mol. The Hall–Kier alpha value is -1.19. The highest BCUT2D eigenvalue weighted by Gasteiger charge is 1.97. The van der Waals surface area contributed by atoms with Crippen LogP contribution in [0.5, 0.6) is 0 Å². The molecule has 0 bridgehead atoms. The quantitative estimate of drug-likeness (QED) is 0.704. The molecule has 0 unspecified atom stereocenters. The van der Waals surface area contributed by atoms with Crippen molar-refractivity contribution in [2.45, 2.75) is 46.0 Å². The molecule has 0 aromatic carbocycles. The van der Waals surface area contributed by atoms with Gasteiger partial charge in [0.05, 0.1) is 12.4 Å². The third-order valence-electron chi connectivity index (χ3n) is 2.61. The Morgan fingerprint density at radius 2 is 1.76 bits per heavy atom. The smallest absolute Gasteiger partial charge is 0.222 e. The van der Waals surface area contributed by atoms with Gasteiger partial charge in [0.15, 0.2) is 5.82 Å². The lowest BCUT2D eigenvalue weighted by Crippen LogP contribution is -2.05. The van der Waals surface area contributed by atoms with Crippen LogP contribution in [-0.4, -0.2) is 16.5 Å². The Kier molecular flexibility index (Phi) is 6.51. The largest absolute Gasteiger partial charge is 0.354 e. The van der Waals surface area contributed by atoms with Gasteiger partial charge < -0.3 is 5.32 Å². The summed E-state index contributed by atoms with van der Waals surface area (Å²) in [6, 6.07) is 0. The average Bonchev–Trinajstić information content (AvgIpc) is 2.30. The summed E-state index contributed by atoms with van der Waals surface area (Å²) in [7, 11) is 0. The molecule has 1 N–H and O–H groups in total. The molecule has 1 heterocycles. The number of hydrogen-bond donors (Lipinski definition) is 1. The third-order valence-corrected chi connectivity index (χ3v) is 2.61. The monoisotopic (exact) mass is 239 g/mol. The van der Waals surface area contributed by atoms with Gasteiger partial charge in [-0.25, -0.2) is 14.4 Å². The van der Waals surface area contributed by atoms with Crippen LogP contribution in [0.15, 0.2) is 12.4 Å². The molecule has 0 spiro atoms. The molecule has 0 aliphatic carbocycles. The van der Waals surface area contributed by atoms with E-state index in [1.54, 1.807) is 0 Å². The minimum Gasteiger partial charge on any atom is -0.354 e. The summed E-state index contributed by atoms with van der Waals surface area (Å²) in [5.41, 5.74) is 0. The number of aromatic nitrogens is 2. The highest BCUT2D eigenvalue weighted by atomic mass is 19.1. The van der Waals surface area contributed by atoms with Crippen molar-refractivity contribution in [3.63, 3.8) is 0 Å². The van der Waals surface area contributed by atoms with Gasteiger partial charge in [0.1, 0.15) is 0 Å². The van der Waals surface area contributed by atoms with Gasteiger partial charge in [-0.1, -0.05) is 39.5 Å². The van der Waals surface area contributed by atoms with Gasteiger partial charge in [0.2, 0.25) is 5.95 Å². The lowest BCUT2D eigenvalue weighted by atomic mass is 10.0. The first-order valence-corrected chi connectivity index (χ1v) is 6.40. The van der Waals surface area contributed by atoms with Crippen molar-refractivity contribution in [3.05, 3.63) is 18.2 Å². The molecule has 0 aliphatic heterocycles. The summed E-state index contributed by atoms with van der Waals surface area (Å²) in [4.78, 5) is 7.68. The van der Waals surface area contributed by atoms with Crippen molar-refractivity contribution in [1.29, 1.82) is 0 Å². The van der Waals surface area contributed by atoms with Crippen LogP contribution in [0, 0.1) is 11.7 Å². The Labute approximate surface area is 103 Å². The van der Waals surface area contributed by atoms with Gasteiger partial charge in [0.25, 0.3) is 0 Å². The molecule has 1 rings (SSSR count). The molecular weight excluding hydrogens is 217 g/mol. The van der Waals surface area contributed by atoms with E-state index in [1.807, 2.05) is 0 Å². The second kappa shape index (κ2) is 7.98. The molecule has 96 valence electrons. The minimum absolute atomic E-state index is 0.399. The topological polar surface area (TPSA) is 37.8 Å². The van der Waals surface area contributed by atoms with Crippen molar-refractivity contribution in [3.8, 4) is 0 Å². The van der Waals surface area contributed by atoms with E-state index >= 15 is 0 Å². The van der Waals surface area contributed by atoms with Gasteiger partial charge in [-0.05, 0) is 12.3 Å². The Morgan fingerprint density at radius 1 is 1.12 bits per heavy atom. The van der Waals surface area contributed by atoms with E-state index in [4.69, 9.17) is 0 Å². The number of nitrogens with zero attached hydrogens (tertiary/aromatic N) is 2. The second-order valence-corrected chi connectivity index (χ2v) is 4.75. The Balaban J connectivity index is 1.99. The maximum atomic E-state index is 12.5. The second-order valence-electron chi connectivity index (χ2n) is 4.75. The first-order valence-electron chi connectivity index (χ1n) is 6.40. The van der Waals surface area contributed by atoms with Crippen molar-refractivity contribution in [1.82, 2.24) is 9.97 Å². The van der Waals surface area contributed by atoms with Gasteiger partial charge >= 0.3 is 0 Å². The van der Waals surface area contributed by atoms with Crippen molar-refractivity contribution in [2.24, 2.45) is 5.92 Å². The van der Waals surface area contributed by atoms with Crippen molar-refractivity contribution >= 4 is 5.95 Å². The first kappa shape index (κ1) is 13.9. The Bertz CT molecular complexity index is 298. The summed E-state index contributed by atoms with van der Waals surface area (Å²) in [6.07, 6.45) is 8.60. The number of hydrogen-bond acceptors (Lipinski definition) is 3. The summed E-state index contributed by atoms with van der Waals surface area (Å²) < 4.78 is 12.5. The molecule has 0 saturated carbocycles. The number of halogens is 1. The van der Waals surface area contributed by atoms with Crippen LogP contribution in [0.25, 0.3) is 0 Å². The Morgan fingerprint density at radius 3 is 2.41 bits per heavy atom. The number of anilines is 1. The predicted molar refractivity (Wildman–Crippen MR) is 68.4 cm³/mol. The van der Waals surface area contributed by atoms with Crippen molar-refractivity contribution in [2.75, 3.05) is 11.9 Å². The lowest BCUT2D eigenvalue weighted by molar-refractivity contribution is 0.522. The number of nitrogens with one attached hydrogen (secondary N) is 1. The SMILES string of the molecule is CC(C)CCCCCCNc1ncc(F)cn1. The van der Waals surface area contributed by atoms with Gasteiger partial charge in [-0.3, -0.25) is 0 Å². The summed E-state index contributed by atoms with van der Waals surface area (Å²) in [5, 5.41) is 3.08. The third kappa shape index (κ3) is 6.87. The summed E-state index contributed by atoms with van der Waals surface area (Å²) in [5.74, 6) is 0.915. The van der Waals surface area contributed by atoms with E-state index in [1.165, 1.54) is 38.1 Å². The van der Waals surface area contributed by atoms with Gasteiger partial charge in [-0.2, -0.15) is 0 Å². The molecule has 3 nitrogen and oxygen atoms in total. The highest BCUT2D eigenvalue weighted by molar-refractivity contribution is 5.21. The fraction of sp³-hybridized carbons (Fsp3) is 0.692. The zero-order valence-electron chi connectivity index (χ0n) is 10.7. The lowest BCUT2D eigenvalue weighted by Gasteiger charge is -2.05. The minimum atomic E-state index is -0.399. The zero-order chi connectivity index (χ0) is 12.5. The molecule has 0 fully saturated rings. The van der Waals surface area contributed by atoms with E-state index in [0.29, 0.717) is 5.95 Å².